The van der Waals surface area contributed by atoms with Crippen LogP contribution in [0.4, 0.5) is 0 Å². The molecule has 0 spiro atoms. The molecule has 1 aliphatic rings. The van der Waals surface area contributed by atoms with Gasteiger partial charge in [-0.25, -0.2) is 0 Å². The molecule has 0 fully saturated rings. The smallest absolute Gasteiger partial charge is 0.308 e. The normalized spacial score (nSPS) is 27.7. The average molecular weight is 658 g/mol. The summed E-state index contributed by atoms with van der Waals surface area (Å²) in [4.78, 5) is 30.4. The van der Waals surface area contributed by atoms with Gasteiger partial charge >= 0.3 is 11.9 Å². The van der Waals surface area contributed by atoms with Gasteiger partial charge in [-0.3, -0.25) is 14.6 Å². The molecular formula is C37H59NO7Si. The van der Waals surface area contributed by atoms with E-state index in [2.05, 4.69) is 51.8 Å². The van der Waals surface area contributed by atoms with E-state index in [0.717, 1.165) is 11.3 Å². The van der Waals surface area contributed by atoms with Crippen LogP contribution in [0.15, 0.2) is 60.3 Å². The van der Waals surface area contributed by atoms with Crippen molar-refractivity contribution in [2.45, 2.75) is 143 Å². The van der Waals surface area contributed by atoms with Crippen LogP contribution in [0.5, 0.6) is 0 Å². The first kappa shape index (κ1) is 39.6. The molecule has 9 heteroatoms. The lowest BCUT2D eigenvalue weighted by molar-refractivity contribution is -0.227. The minimum atomic E-state index is -2.25. The van der Waals surface area contributed by atoms with Crippen LogP contribution in [0.2, 0.25) is 18.1 Å². The van der Waals surface area contributed by atoms with Gasteiger partial charge < -0.3 is 23.4 Å². The molecule has 1 aliphatic heterocycles. The van der Waals surface area contributed by atoms with Crippen molar-refractivity contribution in [1.29, 1.82) is 0 Å². The van der Waals surface area contributed by atoms with E-state index >= 15 is 0 Å². The van der Waals surface area contributed by atoms with Gasteiger partial charge in [0.15, 0.2) is 14.6 Å². The summed E-state index contributed by atoms with van der Waals surface area (Å²) >= 11 is 0. The highest BCUT2D eigenvalue weighted by atomic mass is 28.4. The number of carbonyl (C=O) groups excluding carboxylic acids is 2. The third kappa shape index (κ3) is 12.2. The number of allylic oxidation sites excluding steroid dienone is 3. The number of aromatic nitrogens is 1. The van der Waals surface area contributed by atoms with E-state index in [1.807, 2.05) is 77.1 Å². The van der Waals surface area contributed by atoms with E-state index in [1.165, 1.54) is 6.92 Å². The first-order valence-electron chi connectivity index (χ1n) is 16.7. The zero-order chi connectivity index (χ0) is 34.7. The predicted octanol–water partition coefficient (Wildman–Crippen LogP) is 8.46. The van der Waals surface area contributed by atoms with Crippen molar-refractivity contribution in [2.24, 2.45) is 5.92 Å². The molecule has 0 saturated heterocycles. The third-order valence-corrected chi connectivity index (χ3v) is 13.6. The Morgan fingerprint density at radius 1 is 1.20 bits per heavy atom. The van der Waals surface area contributed by atoms with Crippen molar-refractivity contribution < 1.29 is 33.0 Å². The maximum atomic E-state index is 13.6. The van der Waals surface area contributed by atoms with Gasteiger partial charge in [0.25, 0.3) is 0 Å². The quantitative estimate of drug-likeness (QED) is 0.0770. The molecule has 0 aromatic carbocycles. The average Bonchev–Trinajstić information content (AvgIpc) is 2.95. The summed E-state index contributed by atoms with van der Waals surface area (Å²) in [5.41, 5.74) is 0.924. The predicted molar refractivity (Wildman–Crippen MR) is 186 cm³/mol. The SMILES string of the molecule is CCOC(C)O[C@]1(C)CC[C@@H](O[Si](C)(C)C(C)(C)C)CC(=O)O[C@H](/C(C)=C/C=C/[C@@H](C)c2ccccn2)[C@@H](C)/C=C/[C@@H]1OC(C)=O. The molecule has 0 amide bonds. The molecule has 0 saturated carbocycles. The van der Waals surface area contributed by atoms with Gasteiger partial charge in [-0.05, 0) is 82.5 Å². The number of pyridine rings is 1. The molecule has 8 nitrogen and oxygen atoms in total. The number of cyclic esters (lactones) is 1. The Kier molecular flexibility index (Phi) is 15.1. The van der Waals surface area contributed by atoms with Crippen molar-refractivity contribution in [3.8, 4) is 0 Å². The number of nitrogens with zero attached hydrogens (tertiary/aromatic N) is 1. The van der Waals surface area contributed by atoms with E-state index in [9.17, 15) is 9.59 Å². The van der Waals surface area contributed by atoms with E-state index in [0.29, 0.717) is 19.4 Å². The summed E-state index contributed by atoms with van der Waals surface area (Å²) in [6, 6.07) is 5.88. The standard InChI is InChI=1S/C37H59NO7Si/c1-13-41-30(6)44-37(10)23-22-31(45-46(11,12)36(7,8)9)25-34(40)43-35(28(4)20-21-33(37)42-29(5)39)27(3)18-16-17-26(2)32-19-14-15-24-38-32/h14-21,24,26,28,30-31,33,35H,13,22-23,25H2,1-12H3/b17-16+,21-20+,27-18+/t26-,28+,30?,31-,33+,35-,37-/m1/s1. The molecule has 0 radical (unpaired) electrons. The van der Waals surface area contributed by atoms with Crippen LogP contribution in [-0.4, -0.2) is 62.0 Å². The Balaban J connectivity index is 2.55. The fourth-order valence-electron chi connectivity index (χ4n) is 5.29. The van der Waals surface area contributed by atoms with Crippen LogP contribution in [0.25, 0.3) is 0 Å². The number of ether oxygens (including phenoxy) is 4. The molecule has 1 aromatic rings. The van der Waals surface area contributed by atoms with Gasteiger partial charge in [0, 0.05) is 37.3 Å². The minimum absolute atomic E-state index is 0.0536. The Morgan fingerprint density at radius 2 is 1.89 bits per heavy atom. The summed E-state index contributed by atoms with van der Waals surface area (Å²) in [7, 11) is -2.25. The Hall–Kier alpha value is -2.59. The molecular weight excluding hydrogens is 598 g/mol. The van der Waals surface area contributed by atoms with Gasteiger partial charge in [-0.1, -0.05) is 65.0 Å². The number of hydrogen-bond acceptors (Lipinski definition) is 8. The van der Waals surface area contributed by atoms with Crippen LogP contribution >= 0.6 is 0 Å². The zero-order valence-electron chi connectivity index (χ0n) is 30.3. The molecule has 0 bridgehead atoms. The second kappa shape index (κ2) is 17.5. The largest absolute Gasteiger partial charge is 0.457 e. The first-order valence-corrected chi connectivity index (χ1v) is 19.6. The third-order valence-electron chi connectivity index (χ3n) is 9.04. The van der Waals surface area contributed by atoms with E-state index in [4.69, 9.17) is 23.4 Å². The van der Waals surface area contributed by atoms with Crippen LogP contribution < -0.4 is 0 Å². The summed E-state index contributed by atoms with van der Waals surface area (Å²) < 4.78 is 31.2. The molecule has 258 valence electrons. The highest BCUT2D eigenvalue weighted by Crippen LogP contribution is 2.39. The Morgan fingerprint density at radius 3 is 2.48 bits per heavy atom. The lowest BCUT2D eigenvalue weighted by Gasteiger charge is -2.42. The fourth-order valence-corrected chi connectivity index (χ4v) is 6.67. The number of hydrogen-bond donors (Lipinski definition) is 0. The molecule has 46 heavy (non-hydrogen) atoms. The molecule has 1 unspecified atom stereocenters. The van der Waals surface area contributed by atoms with Crippen LogP contribution in [-0.2, 0) is 33.0 Å². The highest BCUT2D eigenvalue weighted by Gasteiger charge is 2.43. The van der Waals surface area contributed by atoms with Crippen LogP contribution in [0, 0.1) is 5.92 Å². The fraction of sp³-hybridized carbons (Fsp3) is 0.649. The van der Waals surface area contributed by atoms with Crippen molar-refractivity contribution in [3.05, 3.63) is 66.0 Å². The Labute approximate surface area is 279 Å². The molecule has 2 rings (SSSR count). The molecule has 2 heterocycles. The molecule has 7 atom stereocenters. The van der Waals surface area contributed by atoms with Crippen molar-refractivity contribution in [1.82, 2.24) is 4.98 Å². The van der Waals surface area contributed by atoms with Gasteiger partial charge in [0.1, 0.15) is 17.8 Å². The van der Waals surface area contributed by atoms with Gasteiger partial charge in [0.05, 0.1) is 12.5 Å². The Bertz CT molecular complexity index is 1210. The van der Waals surface area contributed by atoms with Crippen molar-refractivity contribution in [2.75, 3.05) is 6.61 Å². The molecule has 1 aromatic heterocycles. The summed E-state index contributed by atoms with van der Waals surface area (Å²) in [5, 5.41) is -0.0536. The zero-order valence-corrected chi connectivity index (χ0v) is 31.3. The summed E-state index contributed by atoms with van der Waals surface area (Å²) in [5.74, 6) is -0.827. The highest BCUT2D eigenvalue weighted by molar-refractivity contribution is 6.74. The van der Waals surface area contributed by atoms with E-state index in [1.54, 1.807) is 6.20 Å². The number of esters is 2. The molecule has 0 N–H and O–H groups in total. The molecule has 0 aliphatic carbocycles. The lowest BCUT2D eigenvalue weighted by atomic mass is 9.88. The second-order valence-corrected chi connectivity index (χ2v) is 19.0. The maximum absolute atomic E-state index is 13.6. The first-order chi connectivity index (χ1) is 21.4. The minimum Gasteiger partial charge on any atom is -0.457 e. The van der Waals surface area contributed by atoms with Crippen LogP contribution in [0.3, 0.4) is 0 Å². The maximum Gasteiger partial charge on any atom is 0.308 e. The van der Waals surface area contributed by atoms with Gasteiger partial charge in [-0.15, -0.1) is 0 Å². The van der Waals surface area contributed by atoms with E-state index < -0.39 is 44.5 Å². The monoisotopic (exact) mass is 657 g/mol. The number of rotatable bonds is 11. The lowest BCUT2D eigenvalue weighted by Crippen LogP contribution is -2.48. The van der Waals surface area contributed by atoms with Crippen molar-refractivity contribution in [3.63, 3.8) is 0 Å². The second-order valence-electron chi connectivity index (χ2n) is 14.2. The van der Waals surface area contributed by atoms with E-state index in [-0.39, 0.29) is 29.3 Å². The van der Waals surface area contributed by atoms with Crippen molar-refractivity contribution >= 4 is 20.3 Å². The number of carbonyl (C=O) groups is 2. The van der Waals surface area contributed by atoms with Gasteiger partial charge in [0.2, 0.25) is 0 Å². The van der Waals surface area contributed by atoms with Gasteiger partial charge in [-0.2, -0.15) is 0 Å². The van der Waals surface area contributed by atoms with Crippen LogP contribution in [0.1, 0.15) is 100 Å². The summed E-state index contributed by atoms with van der Waals surface area (Å²) in [6.07, 6.45) is 10.5. The summed E-state index contributed by atoms with van der Waals surface area (Å²) in [6.45, 7) is 24.5. The topological polar surface area (TPSA) is 93.2 Å².